The molecule has 1 aromatic rings. The Balaban J connectivity index is 1.62. The molecule has 0 spiro atoms. The van der Waals surface area contributed by atoms with Crippen LogP contribution in [-0.2, 0) is 6.54 Å². The maximum Gasteiger partial charge on any atom is 0.230 e. The van der Waals surface area contributed by atoms with Crippen LogP contribution in [0.5, 0.6) is 0 Å². The Bertz CT molecular complexity index is 386. The second-order valence-corrected chi connectivity index (χ2v) is 5.59. The molecule has 3 rings (SSSR count). The molecule has 1 aliphatic carbocycles. The van der Waals surface area contributed by atoms with Crippen LogP contribution in [0.25, 0.3) is 0 Å². The van der Waals surface area contributed by atoms with Gasteiger partial charge in [-0.3, -0.25) is 4.90 Å². The van der Waals surface area contributed by atoms with Gasteiger partial charge in [-0.15, -0.1) is 0 Å². The number of rotatable bonds is 3. The summed E-state index contributed by atoms with van der Waals surface area (Å²) < 4.78 is 5.46. The lowest BCUT2D eigenvalue weighted by molar-refractivity contribution is 0.224. The predicted octanol–water partition coefficient (Wildman–Crippen LogP) is 1.38. The van der Waals surface area contributed by atoms with Gasteiger partial charge in [-0.25, -0.2) is 0 Å². The molecule has 18 heavy (non-hydrogen) atoms. The van der Waals surface area contributed by atoms with Crippen molar-refractivity contribution in [2.24, 2.45) is 5.92 Å². The normalized spacial score (nSPS) is 29.8. The van der Waals surface area contributed by atoms with Crippen LogP contribution in [0.2, 0.25) is 0 Å². The summed E-state index contributed by atoms with van der Waals surface area (Å²) in [5, 5.41) is 7.49. The molecule has 2 unspecified atom stereocenters. The lowest BCUT2D eigenvalue weighted by Crippen LogP contribution is -2.43. The van der Waals surface area contributed by atoms with Gasteiger partial charge < -0.3 is 9.84 Å². The van der Waals surface area contributed by atoms with Crippen molar-refractivity contribution < 1.29 is 4.52 Å². The number of hydrogen-bond acceptors (Lipinski definition) is 5. The predicted molar refractivity (Wildman–Crippen MR) is 68.2 cm³/mol. The Hall–Kier alpha value is -0.940. The smallest absolute Gasteiger partial charge is 0.230 e. The summed E-state index contributed by atoms with van der Waals surface area (Å²) in [5.41, 5.74) is 0. The first-order valence-electron chi connectivity index (χ1n) is 7.08. The lowest BCUT2D eigenvalue weighted by Gasteiger charge is -2.25. The standard InChI is InChI=1S/C13H22N4O/c1-10-3-2-4-11(10)13-15-12(16-18-13)9-17-7-5-14-6-8-17/h10-11,14H,2-9H2,1H3. The minimum absolute atomic E-state index is 0.495. The molecule has 5 heteroatoms. The van der Waals surface area contributed by atoms with E-state index in [0.29, 0.717) is 11.8 Å². The van der Waals surface area contributed by atoms with Crippen molar-refractivity contribution in [3.8, 4) is 0 Å². The fourth-order valence-corrected chi connectivity index (χ4v) is 3.06. The van der Waals surface area contributed by atoms with E-state index in [0.717, 1.165) is 44.4 Å². The number of aromatic nitrogens is 2. The molecule has 2 aliphatic rings. The van der Waals surface area contributed by atoms with Crippen LogP contribution in [0.1, 0.15) is 43.8 Å². The van der Waals surface area contributed by atoms with Crippen LogP contribution >= 0.6 is 0 Å². The first-order valence-corrected chi connectivity index (χ1v) is 7.08. The van der Waals surface area contributed by atoms with E-state index in [4.69, 9.17) is 4.52 Å². The van der Waals surface area contributed by atoms with E-state index in [-0.39, 0.29) is 0 Å². The average molecular weight is 250 g/mol. The molecular weight excluding hydrogens is 228 g/mol. The first-order chi connectivity index (χ1) is 8.83. The van der Waals surface area contributed by atoms with Crippen molar-refractivity contribution in [2.75, 3.05) is 26.2 Å². The van der Waals surface area contributed by atoms with Gasteiger partial charge in [-0.1, -0.05) is 18.5 Å². The zero-order valence-corrected chi connectivity index (χ0v) is 11.1. The fraction of sp³-hybridized carbons (Fsp3) is 0.846. The molecule has 0 bridgehead atoms. The molecule has 1 aromatic heterocycles. The maximum absolute atomic E-state index is 5.46. The third-order valence-electron chi connectivity index (χ3n) is 4.24. The van der Waals surface area contributed by atoms with Crippen LogP contribution in [0.3, 0.4) is 0 Å². The zero-order valence-electron chi connectivity index (χ0n) is 11.1. The van der Waals surface area contributed by atoms with Gasteiger partial charge in [0.05, 0.1) is 6.54 Å². The Morgan fingerprint density at radius 1 is 1.33 bits per heavy atom. The molecule has 2 atom stereocenters. The van der Waals surface area contributed by atoms with E-state index in [2.05, 4.69) is 27.3 Å². The van der Waals surface area contributed by atoms with E-state index in [1.165, 1.54) is 19.3 Å². The number of nitrogens with zero attached hydrogens (tertiary/aromatic N) is 3. The summed E-state index contributed by atoms with van der Waals surface area (Å²) >= 11 is 0. The van der Waals surface area contributed by atoms with Crippen molar-refractivity contribution in [1.29, 1.82) is 0 Å². The molecule has 1 saturated carbocycles. The molecule has 2 heterocycles. The molecule has 0 aromatic carbocycles. The largest absolute Gasteiger partial charge is 0.339 e. The van der Waals surface area contributed by atoms with Gasteiger partial charge in [-0.2, -0.15) is 4.98 Å². The third kappa shape index (κ3) is 2.57. The quantitative estimate of drug-likeness (QED) is 0.878. The molecular formula is C13H22N4O. The molecule has 1 saturated heterocycles. The Labute approximate surface area is 108 Å². The van der Waals surface area contributed by atoms with E-state index in [1.807, 2.05) is 0 Å². The van der Waals surface area contributed by atoms with Crippen LogP contribution in [-0.4, -0.2) is 41.2 Å². The fourth-order valence-electron chi connectivity index (χ4n) is 3.06. The highest BCUT2D eigenvalue weighted by atomic mass is 16.5. The van der Waals surface area contributed by atoms with Crippen molar-refractivity contribution in [2.45, 2.75) is 38.6 Å². The molecule has 1 N–H and O–H groups in total. The number of piperazine rings is 1. The Morgan fingerprint density at radius 2 is 2.17 bits per heavy atom. The molecule has 5 nitrogen and oxygen atoms in total. The highest BCUT2D eigenvalue weighted by Crippen LogP contribution is 2.38. The molecule has 0 amide bonds. The van der Waals surface area contributed by atoms with Gasteiger partial charge in [0, 0.05) is 32.1 Å². The van der Waals surface area contributed by atoms with Gasteiger partial charge in [0.2, 0.25) is 5.89 Å². The molecule has 1 aliphatic heterocycles. The van der Waals surface area contributed by atoms with E-state index in [1.54, 1.807) is 0 Å². The van der Waals surface area contributed by atoms with E-state index >= 15 is 0 Å². The summed E-state index contributed by atoms with van der Waals surface area (Å²) in [6.07, 6.45) is 3.79. The van der Waals surface area contributed by atoms with Gasteiger partial charge >= 0.3 is 0 Å². The number of nitrogens with one attached hydrogen (secondary N) is 1. The molecule has 2 fully saturated rings. The van der Waals surface area contributed by atoms with Crippen LogP contribution < -0.4 is 5.32 Å². The second kappa shape index (κ2) is 5.36. The van der Waals surface area contributed by atoms with Gasteiger partial charge in [0.1, 0.15) is 0 Å². The zero-order chi connectivity index (χ0) is 12.4. The highest BCUT2D eigenvalue weighted by molar-refractivity contribution is 4.99. The van der Waals surface area contributed by atoms with Gasteiger partial charge in [0.15, 0.2) is 5.82 Å². The Morgan fingerprint density at radius 3 is 2.89 bits per heavy atom. The molecule has 0 radical (unpaired) electrons. The summed E-state index contributed by atoms with van der Waals surface area (Å²) in [6.45, 7) is 7.38. The van der Waals surface area contributed by atoms with Gasteiger partial charge in [-0.05, 0) is 18.8 Å². The summed E-state index contributed by atoms with van der Waals surface area (Å²) in [7, 11) is 0. The topological polar surface area (TPSA) is 54.2 Å². The SMILES string of the molecule is CC1CCCC1c1nc(CN2CCNCC2)no1. The summed E-state index contributed by atoms with van der Waals surface area (Å²) in [6, 6.07) is 0. The minimum atomic E-state index is 0.495. The van der Waals surface area contributed by atoms with Crippen LogP contribution in [0, 0.1) is 5.92 Å². The average Bonchev–Trinajstić information content (AvgIpc) is 2.99. The van der Waals surface area contributed by atoms with Crippen molar-refractivity contribution >= 4 is 0 Å². The van der Waals surface area contributed by atoms with Crippen molar-refractivity contribution in [3.63, 3.8) is 0 Å². The highest BCUT2D eigenvalue weighted by Gasteiger charge is 2.29. The number of hydrogen-bond donors (Lipinski definition) is 1. The second-order valence-electron chi connectivity index (χ2n) is 5.59. The molecule has 100 valence electrons. The summed E-state index contributed by atoms with van der Waals surface area (Å²) in [5.74, 6) is 2.91. The van der Waals surface area contributed by atoms with E-state index < -0.39 is 0 Å². The third-order valence-corrected chi connectivity index (χ3v) is 4.24. The van der Waals surface area contributed by atoms with Crippen LogP contribution in [0.15, 0.2) is 4.52 Å². The lowest BCUT2D eigenvalue weighted by atomic mass is 9.98. The Kier molecular flexibility index (Phi) is 3.61. The van der Waals surface area contributed by atoms with E-state index in [9.17, 15) is 0 Å². The van der Waals surface area contributed by atoms with Gasteiger partial charge in [0.25, 0.3) is 0 Å². The minimum Gasteiger partial charge on any atom is -0.339 e. The van der Waals surface area contributed by atoms with Crippen LogP contribution in [0.4, 0.5) is 0 Å². The first kappa shape index (κ1) is 12.1. The van der Waals surface area contributed by atoms with Crippen molar-refractivity contribution in [1.82, 2.24) is 20.4 Å². The monoisotopic (exact) mass is 250 g/mol. The van der Waals surface area contributed by atoms with Crippen molar-refractivity contribution in [3.05, 3.63) is 11.7 Å². The maximum atomic E-state index is 5.46. The summed E-state index contributed by atoms with van der Waals surface area (Å²) in [4.78, 5) is 6.98.